The number of hydrogen-bond donors (Lipinski definition) is 2. The normalized spacial score (nSPS) is 15.6. The predicted octanol–water partition coefficient (Wildman–Crippen LogP) is 4.27. The van der Waals surface area contributed by atoms with E-state index in [1.54, 1.807) is 18.5 Å². The number of rotatable bonds is 5. The van der Waals surface area contributed by atoms with Gasteiger partial charge in [0.1, 0.15) is 11.7 Å². The van der Waals surface area contributed by atoms with Gasteiger partial charge in [0.05, 0.1) is 5.69 Å². The number of pyridine rings is 1. The lowest BCUT2D eigenvalue weighted by atomic mass is 10.0. The van der Waals surface area contributed by atoms with Crippen LogP contribution in [0.2, 0.25) is 0 Å². The van der Waals surface area contributed by atoms with E-state index in [0.717, 1.165) is 16.9 Å². The fraction of sp³-hybridized carbons (Fsp3) is 0.0952. The summed E-state index contributed by atoms with van der Waals surface area (Å²) in [7, 11) is 0. The van der Waals surface area contributed by atoms with Crippen molar-refractivity contribution < 1.29 is 9.18 Å². The Morgan fingerprint density at radius 1 is 1.19 bits per heavy atom. The maximum Gasteiger partial charge on any atom is 0.237 e. The van der Waals surface area contributed by atoms with Crippen LogP contribution in [0.3, 0.4) is 0 Å². The molecule has 27 heavy (non-hydrogen) atoms. The molecule has 1 aliphatic heterocycles. The van der Waals surface area contributed by atoms with E-state index in [9.17, 15) is 9.18 Å². The third-order valence-corrected chi connectivity index (χ3v) is 4.35. The summed E-state index contributed by atoms with van der Waals surface area (Å²) in [4.78, 5) is 20.6. The van der Waals surface area contributed by atoms with Crippen molar-refractivity contribution in [3.8, 4) is 0 Å². The number of fused-ring (bicyclic) bond motifs is 1. The quantitative estimate of drug-likeness (QED) is 0.668. The van der Waals surface area contributed by atoms with Crippen LogP contribution in [0.15, 0.2) is 72.0 Å². The SMILES string of the molecule is O=C1Nc2ccc(F)cc2C1C=Nc1ccc(NCc2cccnc2)cc1. The molecule has 1 unspecified atom stereocenters. The highest BCUT2D eigenvalue weighted by Crippen LogP contribution is 2.32. The summed E-state index contributed by atoms with van der Waals surface area (Å²) in [5, 5.41) is 6.05. The van der Waals surface area contributed by atoms with E-state index in [2.05, 4.69) is 20.6 Å². The lowest BCUT2D eigenvalue weighted by molar-refractivity contribution is -0.115. The van der Waals surface area contributed by atoms with Gasteiger partial charge in [-0.1, -0.05) is 6.07 Å². The number of amides is 1. The van der Waals surface area contributed by atoms with E-state index in [4.69, 9.17) is 0 Å². The van der Waals surface area contributed by atoms with Crippen LogP contribution in [-0.4, -0.2) is 17.1 Å². The molecular formula is C21H17FN4O. The highest BCUT2D eigenvalue weighted by Gasteiger charge is 2.29. The molecule has 6 heteroatoms. The van der Waals surface area contributed by atoms with E-state index in [-0.39, 0.29) is 11.7 Å². The van der Waals surface area contributed by atoms with Gasteiger partial charge in [-0.2, -0.15) is 0 Å². The zero-order valence-electron chi connectivity index (χ0n) is 14.4. The van der Waals surface area contributed by atoms with E-state index in [1.807, 2.05) is 42.6 Å². The Balaban J connectivity index is 1.43. The number of hydrogen-bond acceptors (Lipinski definition) is 4. The molecule has 1 amide bonds. The van der Waals surface area contributed by atoms with Crippen LogP contribution in [0.1, 0.15) is 17.0 Å². The molecule has 0 radical (unpaired) electrons. The van der Waals surface area contributed by atoms with Gasteiger partial charge in [0, 0.05) is 36.5 Å². The largest absolute Gasteiger partial charge is 0.381 e. The van der Waals surface area contributed by atoms with Gasteiger partial charge < -0.3 is 10.6 Å². The van der Waals surface area contributed by atoms with Gasteiger partial charge in [-0.25, -0.2) is 4.39 Å². The molecule has 0 saturated carbocycles. The number of aromatic nitrogens is 1. The molecule has 0 aliphatic carbocycles. The highest BCUT2D eigenvalue weighted by atomic mass is 19.1. The maximum absolute atomic E-state index is 13.5. The second-order valence-electron chi connectivity index (χ2n) is 6.24. The Hall–Kier alpha value is -3.54. The first-order valence-corrected chi connectivity index (χ1v) is 8.56. The summed E-state index contributed by atoms with van der Waals surface area (Å²) in [5.41, 5.74) is 4.02. The summed E-state index contributed by atoms with van der Waals surface area (Å²) in [6, 6.07) is 15.7. The number of carbonyl (C=O) groups excluding carboxylic acids is 1. The first kappa shape index (κ1) is 16.9. The first-order valence-electron chi connectivity index (χ1n) is 8.56. The summed E-state index contributed by atoms with van der Waals surface area (Å²) in [5.74, 6) is -1.15. The zero-order chi connectivity index (χ0) is 18.6. The van der Waals surface area contributed by atoms with Gasteiger partial charge in [0.2, 0.25) is 5.91 Å². The molecule has 2 N–H and O–H groups in total. The Morgan fingerprint density at radius 2 is 2.04 bits per heavy atom. The first-order chi connectivity index (χ1) is 13.2. The Kier molecular flexibility index (Phi) is 4.61. The van der Waals surface area contributed by atoms with Crippen LogP contribution in [0.25, 0.3) is 0 Å². The minimum absolute atomic E-state index is 0.200. The monoisotopic (exact) mass is 360 g/mol. The van der Waals surface area contributed by atoms with E-state index >= 15 is 0 Å². The van der Waals surface area contributed by atoms with Crippen molar-refractivity contribution in [3.05, 3.63) is 83.9 Å². The van der Waals surface area contributed by atoms with E-state index in [1.165, 1.54) is 12.1 Å². The standard InChI is InChI=1S/C21H17FN4O/c22-15-3-8-20-18(10-15)19(21(27)26-20)13-25-17-6-4-16(5-7-17)24-12-14-2-1-9-23-11-14/h1-11,13,19,24H,12H2,(H,26,27). The average Bonchev–Trinajstić information content (AvgIpc) is 3.01. The van der Waals surface area contributed by atoms with Crippen molar-refractivity contribution in [1.29, 1.82) is 0 Å². The average molecular weight is 360 g/mol. The van der Waals surface area contributed by atoms with E-state index in [0.29, 0.717) is 17.8 Å². The smallest absolute Gasteiger partial charge is 0.237 e. The summed E-state index contributed by atoms with van der Waals surface area (Å²) < 4.78 is 13.5. The molecule has 1 aliphatic rings. The summed E-state index contributed by atoms with van der Waals surface area (Å²) in [6.07, 6.45) is 5.12. The zero-order valence-corrected chi connectivity index (χ0v) is 14.4. The minimum Gasteiger partial charge on any atom is -0.381 e. The third-order valence-electron chi connectivity index (χ3n) is 4.35. The van der Waals surface area contributed by atoms with Crippen molar-refractivity contribution in [1.82, 2.24) is 4.98 Å². The molecule has 2 aromatic carbocycles. The number of benzene rings is 2. The molecule has 1 aromatic heterocycles. The van der Waals surface area contributed by atoms with Crippen LogP contribution >= 0.6 is 0 Å². The van der Waals surface area contributed by atoms with Gasteiger partial charge in [-0.3, -0.25) is 14.8 Å². The lowest BCUT2D eigenvalue weighted by Gasteiger charge is -2.06. The second kappa shape index (κ2) is 7.37. The molecule has 4 rings (SSSR count). The summed E-state index contributed by atoms with van der Waals surface area (Å²) >= 11 is 0. The van der Waals surface area contributed by atoms with Crippen molar-refractivity contribution in [2.45, 2.75) is 12.5 Å². The van der Waals surface area contributed by atoms with Crippen molar-refractivity contribution >= 4 is 29.2 Å². The predicted molar refractivity (Wildman–Crippen MR) is 104 cm³/mol. The molecular weight excluding hydrogens is 343 g/mol. The Morgan fingerprint density at radius 3 is 2.81 bits per heavy atom. The molecule has 0 fully saturated rings. The topological polar surface area (TPSA) is 66.4 Å². The molecule has 5 nitrogen and oxygen atoms in total. The van der Waals surface area contributed by atoms with Crippen molar-refractivity contribution in [2.24, 2.45) is 4.99 Å². The van der Waals surface area contributed by atoms with Gasteiger partial charge in [-0.05, 0) is 59.7 Å². The number of nitrogens with zero attached hydrogens (tertiary/aromatic N) is 2. The van der Waals surface area contributed by atoms with Crippen molar-refractivity contribution in [2.75, 3.05) is 10.6 Å². The van der Waals surface area contributed by atoms with Crippen molar-refractivity contribution in [3.63, 3.8) is 0 Å². The number of carbonyl (C=O) groups is 1. The molecule has 3 aromatic rings. The van der Waals surface area contributed by atoms with Gasteiger partial charge in [0.15, 0.2) is 0 Å². The molecule has 0 bridgehead atoms. The van der Waals surface area contributed by atoms with Crippen LogP contribution < -0.4 is 10.6 Å². The molecule has 0 spiro atoms. The number of nitrogens with one attached hydrogen (secondary N) is 2. The highest BCUT2D eigenvalue weighted by molar-refractivity contribution is 6.12. The Labute approximate surface area is 156 Å². The fourth-order valence-corrected chi connectivity index (χ4v) is 2.94. The molecule has 1 atom stereocenters. The second-order valence-corrected chi connectivity index (χ2v) is 6.24. The van der Waals surface area contributed by atoms with Gasteiger partial charge >= 0.3 is 0 Å². The lowest BCUT2D eigenvalue weighted by Crippen LogP contribution is -2.12. The third kappa shape index (κ3) is 3.84. The van der Waals surface area contributed by atoms with Crippen LogP contribution in [0.5, 0.6) is 0 Å². The van der Waals surface area contributed by atoms with Crippen LogP contribution in [0, 0.1) is 5.82 Å². The Bertz CT molecular complexity index is 987. The van der Waals surface area contributed by atoms with Crippen LogP contribution in [0.4, 0.5) is 21.5 Å². The summed E-state index contributed by atoms with van der Waals surface area (Å²) in [6.45, 7) is 0.682. The number of aliphatic imine (C=N–C) groups is 1. The van der Waals surface area contributed by atoms with Crippen LogP contribution in [-0.2, 0) is 11.3 Å². The van der Waals surface area contributed by atoms with Gasteiger partial charge in [-0.15, -0.1) is 0 Å². The fourth-order valence-electron chi connectivity index (χ4n) is 2.94. The van der Waals surface area contributed by atoms with E-state index < -0.39 is 5.92 Å². The number of anilines is 2. The molecule has 2 heterocycles. The molecule has 0 saturated heterocycles. The number of halogens is 1. The maximum atomic E-state index is 13.5. The van der Waals surface area contributed by atoms with Gasteiger partial charge in [0.25, 0.3) is 0 Å². The molecule has 134 valence electrons. The minimum atomic E-state index is -0.584.